The molecule has 0 saturated carbocycles. The molecule has 0 aliphatic carbocycles. The molecule has 0 saturated heterocycles. The zero-order valence-electron chi connectivity index (χ0n) is 32.4. The van der Waals surface area contributed by atoms with E-state index in [-0.39, 0.29) is 5.92 Å². The van der Waals surface area contributed by atoms with Gasteiger partial charge in [0.25, 0.3) is 0 Å². The van der Waals surface area contributed by atoms with Crippen molar-refractivity contribution in [2.45, 2.75) is 25.7 Å². The van der Waals surface area contributed by atoms with E-state index in [2.05, 4.69) is 200 Å². The standard InChI is InChI=1S/C56H40N2/c1-2-35-34-48-41-18-8-6-16-38(41)28-31-49(48)57-56(52(35)40-26-24-37(25-27-40)36-14-4-3-5-15-36)58-50-32-29-39-17-7-9-19-42(39)54(50)55-51(58)33-30-47-45-22-11-10-20-43(45)44-21-12-13-23-46(44)53(47)55/h3-33,35,52H,2,34H2,1H3. The van der Waals surface area contributed by atoms with Crippen molar-refractivity contribution in [1.82, 2.24) is 4.57 Å². The third-order valence-corrected chi connectivity index (χ3v) is 13.1. The summed E-state index contributed by atoms with van der Waals surface area (Å²) in [7, 11) is 0. The SMILES string of the molecule is CCC1Cc2c(ccc3ccccc23)N=C(n2c3ccc4ccccc4c3c3c4c5ccccc5c5ccccc5c4ccc32)C1c1ccc(-c2ccccc2)cc1. The Balaban J connectivity index is 1.24. The molecular formula is C56H40N2. The van der Waals surface area contributed by atoms with E-state index < -0.39 is 0 Å². The van der Waals surface area contributed by atoms with Gasteiger partial charge in [0.1, 0.15) is 5.84 Å². The molecule has 1 aliphatic rings. The van der Waals surface area contributed by atoms with Crippen LogP contribution in [-0.4, -0.2) is 10.4 Å². The zero-order chi connectivity index (χ0) is 38.3. The summed E-state index contributed by atoms with van der Waals surface area (Å²) in [4.78, 5) is 5.92. The van der Waals surface area contributed by atoms with Crippen molar-refractivity contribution in [3.63, 3.8) is 0 Å². The first-order chi connectivity index (χ1) is 28.7. The molecule has 274 valence electrons. The lowest BCUT2D eigenvalue weighted by Crippen LogP contribution is -2.27. The van der Waals surface area contributed by atoms with Crippen LogP contribution in [0.2, 0.25) is 0 Å². The second kappa shape index (κ2) is 13.0. The van der Waals surface area contributed by atoms with Crippen LogP contribution >= 0.6 is 0 Å². The van der Waals surface area contributed by atoms with Gasteiger partial charge in [-0.2, -0.15) is 0 Å². The van der Waals surface area contributed by atoms with Gasteiger partial charge in [-0.1, -0.05) is 183 Å². The lowest BCUT2D eigenvalue weighted by atomic mass is 9.79. The lowest BCUT2D eigenvalue weighted by molar-refractivity contribution is 0.476. The van der Waals surface area contributed by atoms with Gasteiger partial charge in [-0.25, -0.2) is 4.99 Å². The van der Waals surface area contributed by atoms with Crippen LogP contribution in [0.4, 0.5) is 5.69 Å². The molecule has 2 nitrogen and oxygen atoms in total. The van der Waals surface area contributed by atoms with Crippen LogP contribution in [0.25, 0.3) is 86.8 Å². The summed E-state index contributed by atoms with van der Waals surface area (Å²) in [6.07, 6.45) is 1.97. The number of hydrogen-bond donors (Lipinski definition) is 0. The van der Waals surface area contributed by atoms with Crippen molar-refractivity contribution < 1.29 is 0 Å². The Labute approximate surface area is 337 Å². The fourth-order valence-electron chi connectivity index (χ4n) is 10.4. The van der Waals surface area contributed by atoms with E-state index in [1.54, 1.807) is 0 Å². The molecule has 0 amide bonds. The molecule has 0 bridgehead atoms. The molecule has 2 atom stereocenters. The number of aromatic nitrogens is 1. The Morgan fingerprint density at radius 2 is 0.983 bits per heavy atom. The molecule has 11 aromatic rings. The topological polar surface area (TPSA) is 17.3 Å². The van der Waals surface area contributed by atoms with Gasteiger partial charge < -0.3 is 0 Å². The normalized spacial score (nSPS) is 15.8. The minimum Gasteiger partial charge on any atom is -0.297 e. The maximum atomic E-state index is 5.92. The monoisotopic (exact) mass is 740 g/mol. The highest BCUT2D eigenvalue weighted by atomic mass is 15.1. The first-order valence-corrected chi connectivity index (χ1v) is 20.7. The number of rotatable bonds is 3. The van der Waals surface area contributed by atoms with Crippen molar-refractivity contribution in [1.29, 1.82) is 0 Å². The van der Waals surface area contributed by atoms with E-state index in [9.17, 15) is 0 Å². The first kappa shape index (κ1) is 33.1. The molecule has 10 aromatic carbocycles. The summed E-state index contributed by atoms with van der Waals surface area (Å²) in [5, 5.41) is 15.4. The molecule has 0 spiro atoms. The van der Waals surface area contributed by atoms with Crippen LogP contribution < -0.4 is 0 Å². The molecule has 0 N–H and O–H groups in total. The average molecular weight is 741 g/mol. The van der Waals surface area contributed by atoms with Gasteiger partial charge in [0, 0.05) is 22.1 Å². The molecule has 58 heavy (non-hydrogen) atoms. The second-order valence-corrected chi connectivity index (χ2v) is 16.1. The van der Waals surface area contributed by atoms with Crippen LogP contribution in [0, 0.1) is 5.92 Å². The number of hydrogen-bond acceptors (Lipinski definition) is 1. The average Bonchev–Trinajstić information content (AvgIpc) is 3.54. The Morgan fingerprint density at radius 1 is 0.448 bits per heavy atom. The van der Waals surface area contributed by atoms with E-state index in [1.807, 2.05) is 0 Å². The molecule has 2 heteroatoms. The van der Waals surface area contributed by atoms with Crippen molar-refractivity contribution in [3.05, 3.63) is 199 Å². The third kappa shape index (κ3) is 4.88. The van der Waals surface area contributed by atoms with Crippen LogP contribution in [0.15, 0.2) is 193 Å². The smallest absolute Gasteiger partial charge is 0.122 e. The quantitative estimate of drug-likeness (QED) is 0.161. The molecule has 12 rings (SSSR count). The Bertz CT molecular complexity index is 3430. The minimum absolute atomic E-state index is 0.0373. The summed E-state index contributed by atoms with van der Waals surface area (Å²) >= 11 is 0. The van der Waals surface area contributed by atoms with Crippen LogP contribution in [0.5, 0.6) is 0 Å². The fraction of sp³-hybridized carbons (Fsp3) is 0.0893. The van der Waals surface area contributed by atoms with Gasteiger partial charge in [-0.05, 0) is 101 Å². The van der Waals surface area contributed by atoms with Crippen molar-refractivity contribution in [3.8, 4) is 11.1 Å². The molecule has 0 radical (unpaired) electrons. The minimum atomic E-state index is 0.0373. The predicted octanol–water partition coefficient (Wildman–Crippen LogP) is 15.2. The van der Waals surface area contributed by atoms with Crippen molar-refractivity contribution in [2.24, 2.45) is 10.9 Å². The van der Waals surface area contributed by atoms with Crippen LogP contribution in [-0.2, 0) is 6.42 Å². The van der Waals surface area contributed by atoms with Crippen molar-refractivity contribution >= 4 is 87.2 Å². The van der Waals surface area contributed by atoms with E-state index in [0.717, 1.165) is 24.4 Å². The summed E-state index contributed by atoms with van der Waals surface area (Å²) in [6.45, 7) is 2.37. The molecular weight excluding hydrogens is 701 g/mol. The highest BCUT2D eigenvalue weighted by molar-refractivity contribution is 6.38. The number of benzene rings is 10. The van der Waals surface area contributed by atoms with Crippen molar-refractivity contribution in [2.75, 3.05) is 0 Å². The van der Waals surface area contributed by atoms with Gasteiger partial charge in [-0.15, -0.1) is 0 Å². The molecule has 2 heterocycles. The van der Waals surface area contributed by atoms with Gasteiger partial charge in [0.05, 0.1) is 16.7 Å². The van der Waals surface area contributed by atoms with E-state index in [4.69, 9.17) is 4.99 Å². The van der Waals surface area contributed by atoms with E-state index in [0.29, 0.717) is 5.92 Å². The van der Waals surface area contributed by atoms with Crippen LogP contribution in [0.1, 0.15) is 30.4 Å². The number of fused-ring (bicyclic) bond motifs is 15. The van der Waals surface area contributed by atoms with Gasteiger partial charge in [0.15, 0.2) is 0 Å². The fourth-order valence-corrected chi connectivity index (χ4v) is 10.4. The maximum Gasteiger partial charge on any atom is 0.122 e. The largest absolute Gasteiger partial charge is 0.297 e. The zero-order valence-corrected chi connectivity index (χ0v) is 32.4. The first-order valence-electron chi connectivity index (χ1n) is 20.7. The highest BCUT2D eigenvalue weighted by Gasteiger charge is 2.34. The molecule has 1 aromatic heterocycles. The number of nitrogens with zero attached hydrogens (tertiary/aromatic N) is 2. The summed E-state index contributed by atoms with van der Waals surface area (Å²) in [5.41, 5.74) is 8.58. The Hall–Kier alpha value is -7.03. The van der Waals surface area contributed by atoms with Gasteiger partial charge >= 0.3 is 0 Å². The third-order valence-electron chi connectivity index (χ3n) is 13.1. The molecule has 1 aliphatic heterocycles. The highest BCUT2D eigenvalue weighted by Crippen LogP contribution is 2.48. The second-order valence-electron chi connectivity index (χ2n) is 16.1. The summed E-state index contributed by atoms with van der Waals surface area (Å²) < 4.78 is 2.56. The Kier molecular flexibility index (Phi) is 7.43. The Morgan fingerprint density at radius 3 is 1.71 bits per heavy atom. The number of aliphatic imine (C=N–C) groups is 1. The van der Waals surface area contributed by atoms with Gasteiger partial charge in [0.2, 0.25) is 0 Å². The predicted molar refractivity (Wildman–Crippen MR) is 248 cm³/mol. The molecule has 0 fully saturated rings. The van der Waals surface area contributed by atoms with Gasteiger partial charge in [-0.3, -0.25) is 4.57 Å². The van der Waals surface area contributed by atoms with Crippen LogP contribution in [0.3, 0.4) is 0 Å². The summed E-state index contributed by atoms with van der Waals surface area (Å²) in [5.74, 6) is 1.44. The van der Waals surface area contributed by atoms with E-state index >= 15 is 0 Å². The summed E-state index contributed by atoms with van der Waals surface area (Å²) in [6, 6.07) is 69.8. The lowest BCUT2D eigenvalue weighted by Gasteiger charge is -2.28. The molecule has 2 unspecified atom stereocenters. The maximum absolute atomic E-state index is 5.92. The van der Waals surface area contributed by atoms with E-state index in [1.165, 1.54) is 97.9 Å².